The maximum Gasteiger partial charge on any atom is 0.185 e. The number of halogens is 1. The van der Waals surface area contributed by atoms with Crippen LogP contribution in [0.25, 0.3) is 0 Å². The summed E-state index contributed by atoms with van der Waals surface area (Å²) in [7, 11) is 1.91. The Kier molecular flexibility index (Phi) is 5.85. The van der Waals surface area contributed by atoms with Gasteiger partial charge in [0, 0.05) is 12.8 Å². The molecule has 0 bridgehead atoms. The molecule has 1 atom stereocenters. The van der Waals surface area contributed by atoms with Crippen molar-refractivity contribution in [3.05, 3.63) is 35.9 Å². The van der Waals surface area contributed by atoms with Gasteiger partial charge in [-0.3, -0.25) is 4.79 Å². The second-order valence-corrected chi connectivity index (χ2v) is 5.60. The fraction of sp³-hybridized carbons (Fsp3) is 0.385. The molecule has 1 aromatic rings. The van der Waals surface area contributed by atoms with Crippen molar-refractivity contribution in [3.63, 3.8) is 0 Å². The molecular weight excluding hydrogens is 282 g/mol. The van der Waals surface area contributed by atoms with Crippen LogP contribution in [0.2, 0.25) is 0 Å². The quantitative estimate of drug-likeness (QED) is 0.896. The summed E-state index contributed by atoms with van der Waals surface area (Å²) in [5, 5.41) is 0. The van der Waals surface area contributed by atoms with Gasteiger partial charge in [-0.1, -0.05) is 30.3 Å². The number of hydrogen-bond donors (Lipinski definition) is 1. The van der Waals surface area contributed by atoms with Crippen LogP contribution in [-0.2, 0) is 10.5 Å². The van der Waals surface area contributed by atoms with Gasteiger partial charge in [0.05, 0.1) is 19.4 Å². The van der Waals surface area contributed by atoms with Gasteiger partial charge < -0.3 is 10.6 Å². The standard InChI is InChI=1S/C13H17N3OS.ClH/c1-16-9-13(15-10-16,12(17)7-14)18-8-11-5-3-2-4-6-11;/h2-6,10H,7-9,14H2,1H3;1H. The lowest BCUT2D eigenvalue weighted by atomic mass is 10.2. The minimum atomic E-state index is -0.723. The lowest BCUT2D eigenvalue weighted by molar-refractivity contribution is -0.119. The maximum absolute atomic E-state index is 12.0. The highest BCUT2D eigenvalue weighted by Gasteiger charge is 2.41. The number of nitrogens with two attached hydrogens (primary N) is 1. The van der Waals surface area contributed by atoms with Crippen LogP contribution < -0.4 is 5.73 Å². The van der Waals surface area contributed by atoms with Crippen LogP contribution >= 0.6 is 24.2 Å². The molecule has 1 unspecified atom stereocenters. The Morgan fingerprint density at radius 2 is 2.16 bits per heavy atom. The van der Waals surface area contributed by atoms with Crippen molar-refractivity contribution >= 4 is 36.3 Å². The Bertz CT molecular complexity index is 454. The summed E-state index contributed by atoms with van der Waals surface area (Å²) in [5.74, 6) is 0.752. The number of Topliss-reactive ketones (excluding diaryl/α,β-unsaturated/α-hetero) is 1. The Morgan fingerprint density at radius 1 is 1.47 bits per heavy atom. The number of nitrogens with zero attached hydrogens (tertiary/aromatic N) is 2. The molecule has 0 spiro atoms. The number of aliphatic imine (C=N–C) groups is 1. The van der Waals surface area contributed by atoms with Crippen molar-refractivity contribution in [2.45, 2.75) is 10.6 Å². The SMILES string of the molecule is CN1C=NC(SCc2ccccc2)(C(=O)CN)C1.Cl. The summed E-state index contributed by atoms with van der Waals surface area (Å²) in [6.45, 7) is 0.632. The van der Waals surface area contributed by atoms with Gasteiger partial charge in [0.1, 0.15) is 0 Å². The molecule has 1 heterocycles. The second kappa shape index (κ2) is 6.93. The van der Waals surface area contributed by atoms with Crippen LogP contribution in [0.1, 0.15) is 5.56 Å². The number of ketones is 1. The van der Waals surface area contributed by atoms with Crippen molar-refractivity contribution in [1.29, 1.82) is 0 Å². The van der Waals surface area contributed by atoms with Gasteiger partial charge in [0.25, 0.3) is 0 Å². The van der Waals surface area contributed by atoms with Crippen molar-refractivity contribution in [3.8, 4) is 0 Å². The molecule has 0 amide bonds. The van der Waals surface area contributed by atoms with E-state index in [2.05, 4.69) is 17.1 Å². The summed E-state index contributed by atoms with van der Waals surface area (Å²) in [6, 6.07) is 10.1. The number of hydrogen-bond acceptors (Lipinski definition) is 5. The first-order chi connectivity index (χ1) is 8.66. The van der Waals surface area contributed by atoms with E-state index in [1.165, 1.54) is 5.56 Å². The van der Waals surface area contributed by atoms with Gasteiger partial charge in [0.2, 0.25) is 0 Å². The number of likely N-dealkylation sites (N-methyl/N-ethyl adjacent to an activating group) is 1. The molecular formula is C13H18ClN3OS. The second-order valence-electron chi connectivity index (χ2n) is 4.35. The summed E-state index contributed by atoms with van der Waals surface area (Å²) < 4.78 is 0. The molecule has 2 rings (SSSR count). The van der Waals surface area contributed by atoms with E-state index in [0.29, 0.717) is 6.54 Å². The first-order valence-electron chi connectivity index (χ1n) is 5.83. The van der Waals surface area contributed by atoms with Gasteiger partial charge >= 0.3 is 0 Å². The first-order valence-corrected chi connectivity index (χ1v) is 6.82. The number of carbonyl (C=O) groups is 1. The van der Waals surface area contributed by atoms with Crippen molar-refractivity contribution in [2.75, 3.05) is 20.1 Å². The zero-order valence-corrected chi connectivity index (χ0v) is 12.4. The average Bonchev–Trinajstić information content (AvgIpc) is 2.80. The highest BCUT2D eigenvalue weighted by Crippen LogP contribution is 2.34. The van der Waals surface area contributed by atoms with Gasteiger partial charge in [-0.05, 0) is 5.56 Å². The molecule has 0 saturated carbocycles. The Hall–Kier alpha value is -1.04. The lowest BCUT2D eigenvalue weighted by Crippen LogP contribution is -2.42. The molecule has 0 saturated heterocycles. The van der Waals surface area contributed by atoms with Crippen LogP contribution in [-0.4, -0.2) is 42.0 Å². The van der Waals surface area contributed by atoms with E-state index in [0.717, 1.165) is 5.75 Å². The highest BCUT2D eigenvalue weighted by atomic mass is 35.5. The zero-order valence-electron chi connectivity index (χ0n) is 10.8. The molecule has 1 aromatic carbocycles. The van der Waals surface area contributed by atoms with Gasteiger partial charge in [-0.25, -0.2) is 4.99 Å². The van der Waals surface area contributed by atoms with Crippen LogP contribution in [0.3, 0.4) is 0 Å². The Balaban J connectivity index is 0.00000180. The molecule has 4 nitrogen and oxygen atoms in total. The molecule has 2 N–H and O–H groups in total. The van der Waals surface area contributed by atoms with E-state index in [-0.39, 0.29) is 24.7 Å². The molecule has 1 aliphatic rings. The third kappa shape index (κ3) is 3.72. The van der Waals surface area contributed by atoms with E-state index in [1.807, 2.05) is 30.1 Å². The third-order valence-corrected chi connectivity index (χ3v) is 4.29. The van der Waals surface area contributed by atoms with E-state index < -0.39 is 4.87 Å². The summed E-state index contributed by atoms with van der Waals surface area (Å²) >= 11 is 1.55. The van der Waals surface area contributed by atoms with E-state index in [4.69, 9.17) is 5.73 Å². The maximum atomic E-state index is 12.0. The van der Waals surface area contributed by atoms with Gasteiger partial charge in [-0.2, -0.15) is 0 Å². The van der Waals surface area contributed by atoms with Crippen LogP contribution in [0.5, 0.6) is 0 Å². The molecule has 1 aliphatic heterocycles. The fourth-order valence-electron chi connectivity index (χ4n) is 1.87. The predicted molar refractivity (Wildman–Crippen MR) is 82.9 cm³/mol. The van der Waals surface area contributed by atoms with Crippen molar-refractivity contribution in [1.82, 2.24) is 4.90 Å². The summed E-state index contributed by atoms with van der Waals surface area (Å²) in [5.41, 5.74) is 6.69. The summed E-state index contributed by atoms with van der Waals surface area (Å²) in [4.78, 5) is 17.6. The third-order valence-electron chi connectivity index (χ3n) is 2.87. The molecule has 6 heteroatoms. The van der Waals surface area contributed by atoms with Crippen LogP contribution in [0.4, 0.5) is 0 Å². The number of thioether (sulfide) groups is 1. The lowest BCUT2D eigenvalue weighted by Gasteiger charge is -2.24. The molecule has 19 heavy (non-hydrogen) atoms. The smallest absolute Gasteiger partial charge is 0.185 e. The minimum Gasteiger partial charge on any atom is -0.362 e. The summed E-state index contributed by atoms with van der Waals surface area (Å²) in [6.07, 6.45) is 1.71. The number of benzene rings is 1. The van der Waals surface area contributed by atoms with E-state index >= 15 is 0 Å². The first kappa shape index (κ1) is 16.0. The molecule has 0 aliphatic carbocycles. The zero-order chi connectivity index (χ0) is 13.0. The van der Waals surface area contributed by atoms with Crippen molar-refractivity contribution in [2.24, 2.45) is 10.7 Å². The Morgan fingerprint density at radius 3 is 2.68 bits per heavy atom. The van der Waals surface area contributed by atoms with Gasteiger partial charge in [0.15, 0.2) is 10.7 Å². The topological polar surface area (TPSA) is 58.7 Å². The Labute approximate surface area is 123 Å². The minimum absolute atomic E-state index is 0. The molecule has 0 radical (unpaired) electrons. The average molecular weight is 300 g/mol. The van der Waals surface area contributed by atoms with Gasteiger partial charge in [-0.15, -0.1) is 24.2 Å². The predicted octanol–water partition coefficient (Wildman–Crippen LogP) is 1.54. The highest BCUT2D eigenvalue weighted by molar-refractivity contribution is 8.00. The number of rotatable bonds is 5. The fourth-order valence-corrected chi connectivity index (χ4v) is 3.13. The molecule has 104 valence electrons. The van der Waals surface area contributed by atoms with Crippen LogP contribution in [0.15, 0.2) is 35.3 Å². The molecule has 0 aromatic heterocycles. The van der Waals surface area contributed by atoms with Crippen LogP contribution in [0, 0.1) is 0 Å². The van der Waals surface area contributed by atoms with E-state index in [1.54, 1.807) is 18.1 Å². The molecule has 0 fully saturated rings. The van der Waals surface area contributed by atoms with Crippen molar-refractivity contribution < 1.29 is 4.79 Å². The monoisotopic (exact) mass is 299 g/mol. The van der Waals surface area contributed by atoms with E-state index in [9.17, 15) is 4.79 Å². The number of carbonyl (C=O) groups excluding carboxylic acids is 1. The largest absolute Gasteiger partial charge is 0.362 e. The normalized spacial score (nSPS) is 21.3.